The number of halogens is 1. The Labute approximate surface area is 140 Å². The molecule has 2 rings (SSSR count). The van der Waals surface area contributed by atoms with Gasteiger partial charge in [-0.15, -0.1) is 0 Å². The first-order chi connectivity index (χ1) is 10.9. The lowest BCUT2D eigenvalue weighted by Crippen LogP contribution is -2.06. The minimum absolute atomic E-state index is 0.493. The number of nitro groups is 1. The summed E-state index contributed by atoms with van der Waals surface area (Å²) < 4.78 is 25.9. The van der Waals surface area contributed by atoms with Gasteiger partial charge in [0.15, 0.2) is 0 Å². The van der Waals surface area contributed by atoms with Crippen molar-refractivity contribution in [2.45, 2.75) is 4.90 Å². The second-order valence-electron chi connectivity index (χ2n) is 4.40. The van der Waals surface area contributed by atoms with E-state index in [1.165, 1.54) is 18.2 Å². The molecule has 0 saturated heterocycles. The van der Waals surface area contributed by atoms with Gasteiger partial charge in [-0.1, -0.05) is 40.2 Å². The number of rotatable bonds is 4. The van der Waals surface area contributed by atoms with Gasteiger partial charge in [0.1, 0.15) is 15.9 Å². The number of sulfone groups is 1. The number of benzene rings is 2. The Morgan fingerprint density at radius 1 is 1.17 bits per heavy atom. The predicted molar refractivity (Wildman–Crippen MR) is 88.0 cm³/mol. The van der Waals surface area contributed by atoms with Gasteiger partial charge in [-0.3, -0.25) is 10.1 Å². The summed E-state index contributed by atoms with van der Waals surface area (Å²) >= 11 is 3.25. The van der Waals surface area contributed by atoms with Crippen LogP contribution in [0.5, 0.6) is 0 Å². The molecule has 6 nitrogen and oxygen atoms in total. The van der Waals surface area contributed by atoms with Crippen LogP contribution in [0.1, 0.15) is 5.56 Å². The Bertz CT molecular complexity index is 929. The van der Waals surface area contributed by atoms with Gasteiger partial charge in [-0.25, -0.2) is 8.42 Å². The zero-order valence-electron chi connectivity index (χ0n) is 11.5. The molecule has 0 amide bonds. The molecule has 0 atom stereocenters. The molecule has 0 bridgehead atoms. The number of hydrogen-bond donors (Lipinski definition) is 0. The van der Waals surface area contributed by atoms with Crippen LogP contribution in [0.3, 0.4) is 0 Å². The lowest BCUT2D eigenvalue weighted by Gasteiger charge is -2.04. The number of nitro benzene ring substituents is 1. The fourth-order valence-electron chi connectivity index (χ4n) is 1.83. The highest BCUT2D eigenvalue weighted by molar-refractivity contribution is 9.10. The van der Waals surface area contributed by atoms with Gasteiger partial charge >= 0.3 is 0 Å². The molecule has 116 valence electrons. The van der Waals surface area contributed by atoms with Crippen LogP contribution in [-0.4, -0.2) is 13.3 Å². The highest BCUT2D eigenvalue weighted by Gasteiger charge is 2.29. The normalized spacial score (nSPS) is 11.7. The molecule has 0 aliphatic carbocycles. The smallest absolute Gasteiger partial charge is 0.258 e. The van der Waals surface area contributed by atoms with E-state index in [4.69, 9.17) is 0 Å². The third kappa shape index (κ3) is 3.64. The molecule has 0 radical (unpaired) electrons. The van der Waals surface area contributed by atoms with E-state index in [1.807, 2.05) is 0 Å². The quantitative estimate of drug-likeness (QED) is 0.448. The molecule has 0 fully saturated rings. The highest BCUT2D eigenvalue weighted by Crippen LogP contribution is 2.29. The molecule has 2 aromatic rings. The summed E-state index contributed by atoms with van der Waals surface area (Å²) in [5.41, 5.74) is -0.0728. The van der Waals surface area contributed by atoms with Crippen LogP contribution >= 0.6 is 15.9 Å². The van der Waals surface area contributed by atoms with E-state index in [0.29, 0.717) is 5.56 Å². The fourth-order valence-corrected chi connectivity index (χ4v) is 3.42. The summed E-state index contributed by atoms with van der Waals surface area (Å²) in [6.07, 6.45) is 1.18. The lowest BCUT2D eigenvalue weighted by atomic mass is 10.2. The summed E-state index contributed by atoms with van der Waals surface area (Å²) in [4.78, 5) is 9.15. The van der Waals surface area contributed by atoms with Crippen molar-refractivity contribution in [2.24, 2.45) is 0 Å². The largest absolute Gasteiger partial charge is 0.288 e. The zero-order chi connectivity index (χ0) is 17.0. The van der Waals surface area contributed by atoms with E-state index < -0.39 is 30.2 Å². The molecule has 0 unspecified atom stereocenters. The van der Waals surface area contributed by atoms with Crippen LogP contribution in [0.2, 0.25) is 0 Å². The van der Waals surface area contributed by atoms with Crippen LogP contribution in [0.4, 0.5) is 5.69 Å². The van der Waals surface area contributed by atoms with Crippen molar-refractivity contribution in [3.63, 3.8) is 0 Å². The van der Waals surface area contributed by atoms with Gasteiger partial charge < -0.3 is 0 Å². The summed E-state index contributed by atoms with van der Waals surface area (Å²) in [7, 11) is -4.29. The number of nitrogens with zero attached hydrogens (tertiary/aromatic N) is 2. The Hall–Kier alpha value is -2.50. The number of allylic oxidation sites excluding steroid dienone is 1. The molecule has 8 heteroatoms. The van der Waals surface area contributed by atoms with E-state index in [0.717, 1.165) is 16.6 Å². The second kappa shape index (κ2) is 6.73. The van der Waals surface area contributed by atoms with Crippen molar-refractivity contribution in [3.05, 3.63) is 73.6 Å². The Balaban J connectivity index is 2.59. The van der Waals surface area contributed by atoms with E-state index in [1.54, 1.807) is 30.3 Å². The molecule has 0 saturated carbocycles. The Kier molecular flexibility index (Phi) is 4.93. The van der Waals surface area contributed by atoms with Gasteiger partial charge in [0.2, 0.25) is 9.84 Å². The molecule has 0 aliphatic rings. The molecular formula is C15H9BrN2O4S. The average Bonchev–Trinajstić information content (AvgIpc) is 2.54. The number of nitriles is 1. The van der Waals surface area contributed by atoms with E-state index >= 15 is 0 Å². The first-order valence-corrected chi connectivity index (χ1v) is 8.50. The average molecular weight is 393 g/mol. The van der Waals surface area contributed by atoms with Crippen LogP contribution < -0.4 is 0 Å². The van der Waals surface area contributed by atoms with Crippen LogP contribution in [0.15, 0.2) is 62.8 Å². The summed E-state index contributed by atoms with van der Waals surface area (Å²) in [6, 6.07) is 13.2. The SMILES string of the molecule is N#C/C(=C\c1ccc(Br)cc1)S(=O)(=O)c1ccccc1[N+](=O)[O-]. The standard InChI is InChI=1S/C15H9BrN2O4S/c16-12-7-5-11(6-8-12)9-13(10-17)23(21,22)15-4-2-1-3-14(15)18(19)20/h1-9H/b13-9+. The van der Waals surface area contributed by atoms with Gasteiger partial charge in [0.05, 0.1) is 4.92 Å². The topological polar surface area (TPSA) is 101 Å². The maximum Gasteiger partial charge on any atom is 0.288 e. The zero-order valence-corrected chi connectivity index (χ0v) is 13.9. The van der Waals surface area contributed by atoms with Gasteiger partial charge in [-0.2, -0.15) is 5.26 Å². The summed E-state index contributed by atoms with van der Waals surface area (Å²) in [5.74, 6) is 0. The fraction of sp³-hybridized carbons (Fsp3) is 0. The van der Waals surface area contributed by atoms with Crippen molar-refractivity contribution in [3.8, 4) is 6.07 Å². The Morgan fingerprint density at radius 3 is 2.35 bits per heavy atom. The minimum Gasteiger partial charge on any atom is -0.258 e. The molecule has 0 aromatic heterocycles. The van der Waals surface area contributed by atoms with Crippen molar-refractivity contribution in [1.29, 1.82) is 5.26 Å². The summed E-state index contributed by atoms with van der Waals surface area (Å²) in [6.45, 7) is 0. The van der Waals surface area contributed by atoms with E-state index in [9.17, 15) is 23.8 Å². The van der Waals surface area contributed by atoms with Crippen molar-refractivity contribution in [2.75, 3.05) is 0 Å². The molecule has 2 aromatic carbocycles. The number of para-hydroxylation sites is 1. The lowest BCUT2D eigenvalue weighted by molar-refractivity contribution is -0.387. The maximum atomic E-state index is 12.6. The predicted octanol–water partition coefficient (Wildman–Crippen LogP) is 3.70. The Morgan fingerprint density at radius 2 is 1.78 bits per heavy atom. The number of hydrogen-bond acceptors (Lipinski definition) is 5. The molecule has 23 heavy (non-hydrogen) atoms. The van der Waals surface area contributed by atoms with Crippen molar-refractivity contribution in [1.82, 2.24) is 0 Å². The van der Waals surface area contributed by atoms with Gasteiger partial charge in [0, 0.05) is 10.5 Å². The van der Waals surface area contributed by atoms with E-state index in [-0.39, 0.29) is 0 Å². The first kappa shape index (κ1) is 16.9. The van der Waals surface area contributed by atoms with Crippen LogP contribution in [0, 0.1) is 21.4 Å². The minimum atomic E-state index is -4.29. The first-order valence-electron chi connectivity index (χ1n) is 6.22. The van der Waals surface area contributed by atoms with Crippen molar-refractivity contribution >= 4 is 37.5 Å². The molecule has 0 heterocycles. The molecule has 0 spiro atoms. The van der Waals surface area contributed by atoms with Crippen molar-refractivity contribution < 1.29 is 13.3 Å². The molecule has 0 N–H and O–H groups in total. The highest BCUT2D eigenvalue weighted by atomic mass is 79.9. The van der Waals surface area contributed by atoms with Gasteiger partial charge in [0.25, 0.3) is 5.69 Å². The molecular weight excluding hydrogens is 384 g/mol. The van der Waals surface area contributed by atoms with E-state index in [2.05, 4.69) is 15.9 Å². The van der Waals surface area contributed by atoms with Crippen LogP contribution in [-0.2, 0) is 9.84 Å². The molecule has 0 aliphatic heterocycles. The van der Waals surface area contributed by atoms with Gasteiger partial charge in [-0.05, 0) is 29.8 Å². The third-order valence-electron chi connectivity index (χ3n) is 2.92. The van der Waals surface area contributed by atoms with Crippen LogP contribution in [0.25, 0.3) is 6.08 Å². The summed E-state index contributed by atoms with van der Waals surface area (Å²) in [5, 5.41) is 20.2. The monoisotopic (exact) mass is 392 g/mol. The second-order valence-corrected chi connectivity index (χ2v) is 7.20. The maximum absolute atomic E-state index is 12.6. The third-order valence-corrected chi connectivity index (χ3v) is 5.16.